The summed E-state index contributed by atoms with van der Waals surface area (Å²) in [5.74, 6) is 1.93. The molecule has 6 nitrogen and oxygen atoms in total. The highest BCUT2D eigenvalue weighted by molar-refractivity contribution is 5.98. The summed E-state index contributed by atoms with van der Waals surface area (Å²) in [6.45, 7) is 0. The summed E-state index contributed by atoms with van der Waals surface area (Å²) in [5.41, 5.74) is 9.28. The predicted octanol–water partition coefficient (Wildman–Crippen LogP) is 2.72. The summed E-state index contributed by atoms with van der Waals surface area (Å²) in [7, 11) is 0. The van der Waals surface area contributed by atoms with Crippen LogP contribution >= 0.6 is 0 Å². The number of amidine groups is 1. The van der Waals surface area contributed by atoms with Gasteiger partial charge in [-0.05, 0) is 68.1 Å². The Morgan fingerprint density at radius 1 is 1.35 bits per heavy atom. The number of aromatic nitrogens is 1. The molecular formula is C20H25N5O. The fourth-order valence-corrected chi connectivity index (χ4v) is 4.12. The SMILES string of the molecule is O=CNNC(CCCc1cccnc1)=C1C=NC(=NC23CC(C2)C3)CC1. The lowest BCUT2D eigenvalue weighted by Crippen LogP contribution is -2.57. The van der Waals surface area contributed by atoms with Gasteiger partial charge in [-0.25, -0.2) is 4.99 Å². The maximum absolute atomic E-state index is 10.7. The second-order valence-electron chi connectivity index (χ2n) is 7.59. The van der Waals surface area contributed by atoms with Gasteiger partial charge < -0.3 is 5.43 Å². The molecule has 0 unspecified atom stereocenters. The van der Waals surface area contributed by atoms with Crippen LogP contribution in [0, 0.1) is 5.92 Å². The number of hydrazine groups is 1. The Morgan fingerprint density at radius 3 is 2.85 bits per heavy atom. The van der Waals surface area contributed by atoms with Gasteiger partial charge in [0.1, 0.15) is 5.84 Å². The van der Waals surface area contributed by atoms with Crippen LogP contribution in [0.2, 0.25) is 0 Å². The van der Waals surface area contributed by atoms with E-state index in [2.05, 4.69) is 26.9 Å². The Hall–Kier alpha value is -2.50. The van der Waals surface area contributed by atoms with Gasteiger partial charge in [0.15, 0.2) is 0 Å². The Morgan fingerprint density at radius 2 is 2.23 bits per heavy atom. The van der Waals surface area contributed by atoms with E-state index in [1.54, 1.807) is 6.20 Å². The van der Waals surface area contributed by atoms with Crippen LogP contribution in [0.1, 0.15) is 50.5 Å². The maximum atomic E-state index is 10.7. The average Bonchev–Trinajstić information content (AvgIpc) is 2.61. The predicted molar refractivity (Wildman–Crippen MR) is 102 cm³/mol. The number of carbonyl (C=O) groups is 1. The molecule has 136 valence electrons. The lowest BCUT2D eigenvalue weighted by Gasteiger charge is -2.59. The van der Waals surface area contributed by atoms with Crippen molar-refractivity contribution < 1.29 is 4.79 Å². The molecule has 0 spiro atoms. The molecule has 2 heterocycles. The highest BCUT2D eigenvalue weighted by atomic mass is 16.1. The number of hydrogen-bond donors (Lipinski definition) is 2. The van der Waals surface area contributed by atoms with E-state index < -0.39 is 0 Å². The number of nitrogens with zero attached hydrogens (tertiary/aromatic N) is 3. The lowest BCUT2D eigenvalue weighted by atomic mass is 9.50. The second kappa shape index (κ2) is 7.40. The zero-order valence-electron chi connectivity index (χ0n) is 14.9. The number of pyridine rings is 1. The van der Waals surface area contributed by atoms with Crippen molar-refractivity contribution in [2.75, 3.05) is 0 Å². The number of aliphatic imine (C=N–C) groups is 2. The van der Waals surface area contributed by atoms with E-state index in [9.17, 15) is 4.79 Å². The van der Waals surface area contributed by atoms with E-state index in [4.69, 9.17) is 4.99 Å². The van der Waals surface area contributed by atoms with Crippen LogP contribution in [-0.2, 0) is 11.2 Å². The molecule has 4 aliphatic rings. The molecule has 1 aliphatic heterocycles. The molecule has 3 saturated carbocycles. The third-order valence-electron chi connectivity index (χ3n) is 5.64. The van der Waals surface area contributed by atoms with Crippen LogP contribution in [0.15, 0.2) is 45.8 Å². The molecule has 3 fully saturated rings. The standard InChI is InChI=1S/C20H25N5O/c26-14-23-25-18(5-1-3-15-4-2-8-21-12-15)17-6-7-19(22-13-17)24-20-9-16(10-20)11-20/h2,4,8,12-14,16,25H,1,3,5-7,9-11H2,(H,23,26). The first-order valence-electron chi connectivity index (χ1n) is 9.45. The van der Waals surface area contributed by atoms with Crippen molar-refractivity contribution in [1.29, 1.82) is 0 Å². The van der Waals surface area contributed by atoms with E-state index in [1.807, 2.05) is 18.5 Å². The molecule has 1 aromatic rings. The summed E-state index contributed by atoms with van der Waals surface area (Å²) >= 11 is 0. The average molecular weight is 351 g/mol. The maximum Gasteiger partial charge on any atom is 0.225 e. The fourth-order valence-electron chi connectivity index (χ4n) is 4.12. The van der Waals surface area contributed by atoms with Gasteiger partial charge in [0.05, 0.1) is 5.54 Å². The second-order valence-corrected chi connectivity index (χ2v) is 7.59. The Bertz CT molecular complexity index is 736. The number of nitrogens with one attached hydrogen (secondary N) is 2. The van der Waals surface area contributed by atoms with Gasteiger partial charge in [0.2, 0.25) is 6.41 Å². The van der Waals surface area contributed by atoms with Crippen LogP contribution in [-0.4, -0.2) is 29.0 Å². The summed E-state index contributed by atoms with van der Waals surface area (Å²) in [6.07, 6.45) is 14.7. The third-order valence-corrected chi connectivity index (χ3v) is 5.64. The Balaban J connectivity index is 1.39. The summed E-state index contributed by atoms with van der Waals surface area (Å²) in [5, 5.41) is 0. The summed E-state index contributed by atoms with van der Waals surface area (Å²) in [6, 6.07) is 4.05. The van der Waals surface area contributed by atoms with Gasteiger partial charge in [0.25, 0.3) is 0 Å². The van der Waals surface area contributed by atoms with Gasteiger partial charge in [0, 0.05) is 30.7 Å². The molecule has 2 bridgehead atoms. The highest BCUT2D eigenvalue weighted by Gasteiger charge is 2.56. The number of hydrogen-bond acceptors (Lipinski definition) is 4. The Kier molecular flexibility index (Phi) is 4.82. The minimum atomic E-state index is 0.252. The van der Waals surface area contributed by atoms with Crippen LogP contribution in [0.4, 0.5) is 0 Å². The molecular weight excluding hydrogens is 326 g/mol. The molecule has 6 heteroatoms. The first-order chi connectivity index (χ1) is 12.8. The van der Waals surface area contributed by atoms with E-state index in [-0.39, 0.29) is 5.54 Å². The van der Waals surface area contributed by atoms with Crippen LogP contribution in [0.25, 0.3) is 0 Å². The van der Waals surface area contributed by atoms with Crippen molar-refractivity contribution >= 4 is 18.5 Å². The highest BCUT2D eigenvalue weighted by Crippen LogP contribution is 2.59. The van der Waals surface area contributed by atoms with Crippen LogP contribution in [0.5, 0.6) is 0 Å². The van der Waals surface area contributed by atoms with Crippen molar-refractivity contribution in [3.05, 3.63) is 41.4 Å². The molecule has 3 aliphatic carbocycles. The number of amides is 1. The van der Waals surface area contributed by atoms with Crippen molar-refractivity contribution in [3.8, 4) is 0 Å². The number of rotatable bonds is 8. The molecule has 1 aromatic heterocycles. The van der Waals surface area contributed by atoms with E-state index >= 15 is 0 Å². The molecule has 0 atom stereocenters. The van der Waals surface area contributed by atoms with E-state index in [0.717, 1.165) is 55.1 Å². The molecule has 1 amide bonds. The number of allylic oxidation sites excluding steroid dienone is 2. The quantitative estimate of drug-likeness (QED) is 0.558. The van der Waals surface area contributed by atoms with E-state index in [0.29, 0.717) is 6.41 Å². The van der Waals surface area contributed by atoms with Gasteiger partial charge in [-0.3, -0.25) is 20.2 Å². The minimum Gasteiger partial charge on any atom is -0.303 e. The van der Waals surface area contributed by atoms with Crippen LogP contribution < -0.4 is 10.9 Å². The molecule has 5 rings (SSSR count). The minimum absolute atomic E-state index is 0.252. The summed E-state index contributed by atoms with van der Waals surface area (Å²) in [4.78, 5) is 24.3. The molecule has 2 N–H and O–H groups in total. The normalized spacial score (nSPS) is 29.5. The summed E-state index contributed by atoms with van der Waals surface area (Å²) < 4.78 is 0. The van der Waals surface area contributed by atoms with Gasteiger partial charge >= 0.3 is 0 Å². The smallest absolute Gasteiger partial charge is 0.225 e. The fraction of sp³-hybridized carbons (Fsp3) is 0.500. The molecule has 0 saturated heterocycles. The molecule has 0 radical (unpaired) electrons. The molecule has 0 aromatic carbocycles. The van der Waals surface area contributed by atoms with Crippen LogP contribution in [0.3, 0.4) is 0 Å². The monoisotopic (exact) mass is 351 g/mol. The van der Waals surface area contributed by atoms with Gasteiger partial charge in [-0.15, -0.1) is 0 Å². The number of aryl methyl sites for hydroxylation is 1. The lowest BCUT2D eigenvalue weighted by molar-refractivity contribution is -0.110. The Labute approximate surface area is 153 Å². The van der Waals surface area contributed by atoms with Crippen molar-refractivity contribution in [2.45, 2.75) is 56.9 Å². The zero-order valence-corrected chi connectivity index (χ0v) is 14.9. The first kappa shape index (κ1) is 16.9. The van der Waals surface area contributed by atoms with E-state index in [1.165, 1.54) is 24.8 Å². The van der Waals surface area contributed by atoms with Crippen molar-refractivity contribution in [2.24, 2.45) is 15.9 Å². The number of carbonyl (C=O) groups excluding carboxylic acids is 1. The zero-order chi connectivity index (χ0) is 17.8. The third kappa shape index (κ3) is 3.69. The first-order valence-corrected chi connectivity index (χ1v) is 9.45. The topological polar surface area (TPSA) is 78.7 Å². The largest absolute Gasteiger partial charge is 0.303 e. The van der Waals surface area contributed by atoms with Gasteiger partial charge in [-0.2, -0.15) is 0 Å². The van der Waals surface area contributed by atoms with Crippen molar-refractivity contribution in [1.82, 2.24) is 15.8 Å². The molecule has 26 heavy (non-hydrogen) atoms. The van der Waals surface area contributed by atoms with Crippen molar-refractivity contribution in [3.63, 3.8) is 0 Å². The van der Waals surface area contributed by atoms with Gasteiger partial charge in [-0.1, -0.05) is 6.07 Å².